The van der Waals surface area contributed by atoms with Crippen LogP contribution in [-0.4, -0.2) is 24.2 Å². The van der Waals surface area contributed by atoms with Crippen LogP contribution < -0.4 is 10.6 Å². The van der Waals surface area contributed by atoms with Crippen molar-refractivity contribution in [3.8, 4) is 0 Å². The summed E-state index contributed by atoms with van der Waals surface area (Å²) in [7, 11) is 0. The Hall–Kier alpha value is -2.27. The van der Waals surface area contributed by atoms with Gasteiger partial charge >= 0.3 is 5.97 Å². The number of para-hydroxylation sites is 1. The van der Waals surface area contributed by atoms with Crippen molar-refractivity contribution in [3.63, 3.8) is 0 Å². The number of benzene rings is 1. The van der Waals surface area contributed by atoms with Crippen LogP contribution in [0.3, 0.4) is 0 Å². The monoisotopic (exact) mass is 286 g/mol. The van der Waals surface area contributed by atoms with Gasteiger partial charge in [0.1, 0.15) is 5.76 Å². The van der Waals surface area contributed by atoms with Crippen LogP contribution in [0.15, 0.2) is 40.8 Å². The van der Waals surface area contributed by atoms with Gasteiger partial charge in [-0.15, -0.1) is 0 Å². The average molecular weight is 286 g/mol. The largest absolute Gasteiger partial charge is 0.475 e. The van der Waals surface area contributed by atoms with E-state index in [2.05, 4.69) is 17.0 Å². The Morgan fingerprint density at radius 1 is 1.33 bits per heavy atom. The summed E-state index contributed by atoms with van der Waals surface area (Å²) in [5.74, 6) is 0.0378. The molecular formula is C16H18N2O3. The molecule has 0 saturated heterocycles. The van der Waals surface area contributed by atoms with Crippen molar-refractivity contribution in [2.24, 2.45) is 5.73 Å². The summed E-state index contributed by atoms with van der Waals surface area (Å²) >= 11 is 0. The van der Waals surface area contributed by atoms with E-state index in [9.17, 15) is 4.79 Å². The van der Waals surface area contributed by atoms with E-state index in [0.29, 0.717) is 24.8 Å². The van der Waals surface area contributed by atoms with Gasteiger partial charge < -0.3 is 20.2 Å². The number of fused-ring (bicyclic) bond motifs is 1. The van der Waals surface area contributed by atoms with E-state index in [0.717, 1.165) is 13.0 Å². The lowest BCUT2D eigenvalue weighted by Crippen LogP contribution is -2.21. The summed E-state index contributed by atoms with van der Waals surface area (Å²) in [5, 5.41) is 8.91. The molecule has 110 valence electrons. The van der Waals surface area contributed by atoms with Gasteiger partial charge in [-0.1, -0.05) is 18.2 Å². The van der Waals surface area contributed by atoms with Crippen LogP contribution in [0, 0.1) is 0 Å². The molecule has 5 heteroatoms. The molecule has 2 heterocycles. The van der Waals surface area contributed by atoms with E-state index in [1.54, 1.807) is 6.07 Å². The van der Waals surface area contributed by atoms with Crippen LogP contribution in [0.2, 0.25) is 0 Å². The molecule has 3 N–H and O–H groups in total. The lowest BCUT2D eigenvalue weighted by Gasteiger charge is -2.18. The number of carboxylic acids is 1. The highest BCUT2D eigenvalue weighted by molar-refractivity contribution is 5.84. The number of aromatic carboxylic acids is 1. The molecule has 0 fully saturated rings. The molecule has 1 unspecified atom stereocenters. The summed E-state index contributed by atoms with van der Waals surface area (Å²) in [4.78, 5) is 13.1. The minimum atomic E-state index is -1.04. The third-order valence-electron chi connectivity index (χ3n) is 3.89. The number of rotatable bonds is 5. The van der Waals surface area contributed by atoms with Crippen LogP contribution in [0.25, 0.3) is 0 Å². The van der Waals surface area contributed by atoms with Crippen molar-refractivity contribution in [1.29, 1.82) is 0 Å². The second kappa shape index (κ2) is 5.61. The quantitative estimate of drug-likeness (QED) is 0.882. The molecule has 5 nitrogen and oxygen atoms in total. The molecule has 1 aliphatic rings. The fraction of sp³-hybridized carbons (Fsp3) is 0.312. The van der Waals surface area contributed by atoms with Gasteiger partial charge in [0.15, 0.2) is 0 Å². The Morgan fingerprint density at radius 2 is 2.14 bits per heavy atom. The number of nitrogens with zero attached hydrogens (tertiary/aromatic N) is 1. The van der Waals surface area contributed by atoms with E-state index in [1.165, 1.54) is 17.3 Å². The first kappa shape index (κ1) is 13.7. The zero-order valence-electron chi connectivity index (χ0n) is 11.7. The Kier molecular flexibility index (Phi) is 3.66. The average Bonchev–Trinajstić information content (AvgIpc) is 3.07. The second-order valence-corrected chi connectivity index (χ2v) is 5.28. The van der Waals surface area contributed by atoms with E-state index < -0.39 is 5.97 Å². The number of carboxylic acid groups (broad SMARTS) is 1. The maximum Gasteiger partial charge on any atom is 0.371 e. The summed E-state index contributed by atoms with van der Waals surface area (Å²) in [5.41, 5.74) is 8.20. The zero-order chi connectivity index (χ0) is 14.8. The third-order valence-corrected chi connectivity index (χ3v) is 3.89. The van der Waals surface area contributed by atoms with Gasteiger partial charge in [0.2, 0.25) is 5.76 Å². The molecule has 3 rings (SSSR count). The molecule has 0 amide bonds. The summed E-state index contributed by atoms with van der Waals surface area (Å²) in [6, 6.07) is 11.5. The van der Waals surface area contributed by atoms with E-state index in [4.69, 9.17) is 15.3 Å². The fourth-order valence-electron chi connectivity index (χ4n) is 2.95. The van der Waals surface area contributed by atoms with Crippen LogP contribution >= 0.6 is 0 Å². The maximum atomic E-state index is 10.9. The van der Waals surface area contributed by atoms with Crippen molar-refractivity contribution >= 4 is 11.7 Å². The molecule has 2 aromatic rings. The standard InChI is InChI=1S/C16H18N2O3/c17-8-7-11-9-18(14-4-2-1-3-13(11)14)10-12-5-6-15(21-12)16(19)20/h1-6,11H,7-10,17H2,(H,19,20). The van der Waals surface area contributed by atoms with Gasteiger partial charge in [0.05, 0.1) is 6.54 Å². The van der Waals surface area contributed by atoms with Crippen molar-refractivity contribution in [2.75, 3.05) is 18.0 Å². The smallest absolute Gasteiger partial charge is 0.371 e. The maximum absolute atomic E-state index is 10.9. The molecule has 0 aliphatic carbocycles. The van der Waals surface area contributed by atoms with E-state index in [-0.39, 0.29) is 5.76 Å². The van der Waals surface area contributed by atoms with Gasteiger partial charge in [-0.2, -0.15) is 0 Å². The summed E-state index contributed by atoms with van der Waals surface area (Å²) in [6.45, 7) is 2.13. The fourth-order valence-corrected chi connectivity index (χ4v) is 2.95. The third kappa shape index (κ3) is 2.64. The molecule has 21 heavy (non-hydrogen) atoms. The molecule has 0 saturated carbocycles. The molecule has 1 atom stereocenters. The number of nitrogens with two attached hydrogens (primary N) is 1. The number of hydrogen-bond donors (Lipinski definition) is 2. The highest BCUT2D eigenvalue weighted by atomic mass is 16.4. The van der Waals surface area contributed by atoms with Crippen molar-refractivity contribution in [3.05, 3.63) is 53.5 Å². The first-order valence-corrected chi connectivity index (χ1v) is 7.05. The van der Waals surface area contributed by atoms with Crippen LogP contribution in [-0.2, 0) is 6.54 Å². The van der Waals surface area contributed by atoms with Crippen LogP contribution in [0.1, 0.15) is 34.2 Å². The highest BCUT2D eigenvalue weighted by Crippen LogP contribution is 2.38. The molecule has 0 spiro atoms. The Balaban J connectivity index is 1.81. The van der Waals surface area contributed by atoms with Gasteiger partial charge in [0.25, 0.3) is 0 Å². The van der Waals surface area contributed by atoms with Crippen LogP contribution in [0.4, 0.5) is 5.69 Å². The SMILES string of the molecule is NCCC1CN(Cc2ccc(C(=O)O)o2)c2ccccc21. The number of anilines is 1. The van der Waals surface area contributed by atoms with E-state index in [1.807, 2.05) is 12.1 Å². The predicted molar refractivity (Wildman–Crippen MR) is 79.6 cm³/mol. The van der Waals surface area contributed by atoms with Gasteiger partial charge in [-0.3, -0.25) is 0 Å². The van der Waals surface area contributed by atoms with E-state index >= 15 is 0 Å². The second-order valence-electron chi connectivity index (χ2n) is 5.28. The van der Waals surface area contributed by atoms with Gasteiger partial charge in [0, 0.05) is 18.2 Å². The minimum absolute atomic E-state index is 0.0176. The van der Waals surface area contributed by atoms with Gasteiger partial charge in [-0.25, -0.2) is 4.79 Å². The summed E-state index contributed by atoms with van der Waals surface area (Å²) in [6.07, 6.45) is 0.950. The van der Waals surface area contributed by atoms with Crippen molar-refractivity contribution in [1.82, 2.24) is 0 Å². The first-order valence-electron chi connectivity index (χ1n) is 7.05. The zero-order valence-corrected chi connectivity index (χ0v) is 11.7. The highest BCUT2D eigenvalue weighted by Gasteiger charge is 2.28. The Bertz CT molecular complexity index is 650. The summed E-state index contributed by atoms with van der Waals surface area (Å²) < 4.78 is 5.35. The van der Waals surface area contributed by atoms with Crippen molar-refractivity contribution < 1.29 is 14.3 Å². The molecule has 0 bridgehead atoms. The predicted octanol–water partition coefficient (Wildman–Crippen LogP) is 2.43. The number of hydrogen-bond acceptors (Lipinski definition) is 4. The van der Waals surface area contributed by atoms with Crippen LogP contribution in [0.5, 0.6) is 0 Å². The number of furan rings is 1. The molecule has 1 aromatic carbocycles. The topological polar surface area (TPSA) is 79.7 Å². The lowest BCUT2D eigenvalue weighted by molar-refractivity contribution is 0.0660. The first-order chi connectivity index (χ1) is 10.2. The Morgan fingerprint density at radius 3 is 2.86 bits per heavy atom. The number of carbonyl (C=O) groups is 1. The Labute approximate surface area is 123 Å². The lowest BCUT2D eigenvalue weighted by atomic mass is 9.98. The normalized spacial score (nSPS) is 17.0. The van der Waals surface area contributed by atoms with Crippen molar-refractivity contribution in [2.45, 2.75) is 18.9 Å². The minimum Gasteiger partial charge on any atom is -0.475 e. The molecule has 1 aromatic heterocycles. The molecule has 0 radical (unpaired) electrons. The molecule has 1 aliphatic heterocycles. The van der Waals surface area contributed by atoms with Gasteiger partial charge in [-0.05, 0) is 36.7 Å². The molecular weight excluding hydrogens is 268 g/mol.